The maximum absolute atomic E-state index is 10.0. The van der Waals surface area contributed by atoms with Crippen LogP contribution in [0.4, 0.5) is 0 Å². The molecule has 1 unspecified atom stereocenters. The molecule has 3 nitrogen and oxygen atoms in total. The van der Waals surface area contributed by atoms with E-state index < -0.39 is 0 Å². The van der Waals surface area contributed by atoms with Gasteiger partial charge in [-0.1, -0.05) is 26.0 Å². The molecule has 0 saturated heterocycles. The summed E-state index contributed by atoms with van der Waals surface area (Å²) in [7, 11) is 0. The van der Waals surface area contributed by atoms with Gasteiger partial charge in [0.05, 0.1) is 19.3 Å². The molecule has 1 aliphatic carbocycles. The van der Waals surface area contributed by atoms with Crippen LogP contribution in [-0.4, -0.2) is 24.4 Å². The molecule has 0 amide bonds. The van der Waals surface area contributed by atoms with Gasteiger partial charge < -0.3 is 14.6 Å². The molecule has 0 fully saturated rings. The molecule has 3 rings (SSSR count). The first-order valence-corrected chi connectivity index (χ1v) is 7.32. The lowest BCUT2D eigenvalue weighted by Gasteiger charge is -2.32. The molecule has 0 bridgehead atoms. The van der Waals surface area contributed by atoms with Gasteiger partial charge in [0, 0.05) is 6.42 Å². The Balaban J connectivity index is 1.93. The first kappa shape index (κ1) is 13.5. The second-order valence-corrected chi connectivity index (χ2v) is 6.52. The van der Waals surface area contributed by atoms with Crippen LogP contribution in [0.3, 0.4) is 0 Å². The fourth-order valence-corrected chi connectivity index (χ4v) is 3.07. The van der Waals surface area contributed by atoms with Crippen molar-refractivity contribution in [1.29, 1.82) is 0 Å². The molecule has 0 aromatic heterocycles. The molecule has 0 saturated carbocycles. The van der Waals surface area contributed by atoms with Crippen LogP contribution in [0.1, 0.15) is 38.7 Å². The van der Waals surface area contributed by atoms with E-state index in [0.717, 1.165) is 36.3 Å². The van der Waals surface area contributed by atoms with Crippen LogP contribution in [0.2, 0.25) is 0 Å². The van der Waals surface area contributed by atoms with Crippen molar-refractivity contribution in [3.63, 3.8) is 0 Å². The molecule has 0 radical (unpaired) electrons. The second-order valence-electron chi connectivity index (χ2n) is 6.52. The van der Waals surface area contributed by atoms with E-state index in [1.165, 1.54) is 5.57 Å². The summed E-state index contributed by atoms with van der Waals surface area (Å²) >= 11 is 0. The lowest BCUT2D eigenvalue weighted by atomic mass is 9.74. The van der Waals surface area contributed by atoms with Crippen molar-refractivity contribution < 1.29 is 14.6 Å². The fourth-order valence-electron chi connectivity index (χ4n) is 3.07. The molecule has 0 spiro atoms. The van der Waals surface area contributed by atoms with Gasteiger partial charge in [0.1, 0.15) is 0 Å². The van der Waals surface area contributed by atoms with E-state index in [2.05, 4.69) is 19.9 Å². The molecule has 3 heteroatoms. The summed E-state index contributed by atoms with van der Waals surface area (Å²) in [5.74, 6) is 1.64. The second kappa shape index (κ2) is 5.13. The minimum absolute atomic E-state index is 0.133. The van der Waals surface area contributed by atoms with Gasteiger partial charge in [-0.3, -0.25) is 0 Å². The van der Waals surface area contributed by atoms with Gasteiger partial charge in [0.2, 0.25) is 0 Å². The number of hydrogen-bond acceptors (Lipinski definition) is 3. The van der Waals surface area contributed by atoms with Gasteiger partial charge in [0.15, 0.2) is 11.5 Å². The van der Waals surface area contributed by atoms with Crippen molar-refractivity contribution in [1.82, 2.24) is 0 Å². The highest BCUT2D eigenvalue weighted by Crippen LogP contribution is 2.41. The monoisotopic (exact) mass is 274 g/mol. The van der Waals surface area contributed by atoms with Crippen LogP contribution in [-0.2, 0) is 0 Å². The molecule has 1 N–H and O–H groups in total. The Morgan fingerprint density at radius 3 is 2.65 bits per heavy atom. The molecule has 20 heavy (non-hydrogen) atoms. The molecular weight excluding hydrogens is 252 g/mol. The number of aliphatic hydroxyl groups is 1. The summed E-state index contributed by atoms with van der Waals surface area (Å²) < 4.78 is 11.4. The van der Waals surface area contributed by atoms with Crippen molar-refractivity contribution in [2.24, 2.45) is 5.41 Å². The standard InChI is InChI=1S/C17H22O3/c1-17(2)10-13(8-14(18)11-17)12-4-5-15-16(9-12)20-7-3-6-19-15/h4-5,8-9,14,18H,3,6-7,10-11H2,1-2H3. The zero-order valence-corrected chi connectivity index (χ0v) is 12.2. The summed E-state index contributed by atoms with van der Waals surface area (Å²) in [6, 6.07) is 6.08. The summed E-state index contributed by atoms with van der Waals surface area (Å²) in [6.45, 7) is 5.81. The van der Waals surface area contributed by atoms with E-state index in [1.807, 2.05) is 18.2 Å². The molecule has 1 aliphatic heterocycles. The highest BCUT2D eigenvalue weighted by atomic mass is 16.5. The van der Waals surface area contributed by atoms with Crippen LogP contribution in [0.25, 0.3) is 5.57 Å². The average molecular weight is 274 g/mol. The lowest BCUT2D eigenvalue weighted by Crippen LogP contribution is -2.24. The predicted molar refractivity (Wildman–Crippen MR) is 79.0 cm³/mol. The number of rotatable bonds is 1. The van der Waals surface area contributed by atoms with Gasteiger partial charge >= 0.3 is 0 Å². The smallest absolute Gasteiger partial charge is 0.161 e. The Bertz CT molecular complexity index is 531. The number of benzene rings is 1. The molecule has 2 aliphatic rings. The largest absolute Gasteiger partial charge is 0.490 e. The van der Waals surface area contributed by atoms with Gasteiger partial charge in [-0.25, -0.2) is 0 Å². The average Bonchev–Trinajstić information content (AvgIpc) is 2.60. The Kier molecular flexibility index (Phi) is 3.47. The first-order valence-electron chi connectivity index (χ1n) is 7.32. The zero-order valence-electron chi connectivity index (χ0n) is 12.2. The number of aliphatic hydroxyl groups excluding tert-OH is 1. The van der Waals surface area contributed by atoms with E-state index in [9.17, 15) is 5.11 Å². The highest BCUT2D eigenvalue weighted by Gasteiger charge is 2.28. The fraction of sp³-hybridized carbons (Fsp3) is 0.529. The van der Waals surface area contributed by atoms with E-state index in [4.69, 9.17) is 9.47 Å². The molecule has 1 heterocycles. The predicted octanol–water partition coefficient (Wildman–Crippen LogP) is 3.41. The van der Waals surface area contributed by atoms with Gasteiger partial charge in [-0.05, 0) is 41.5 Å². The normalized spacial score (nSPS) is 24.8. The Morgan fingerprint density at radius 1 is 1.15 bits per heavy atom. The SMILES string of the molecule is CC1(C)CC(c2ccc3c(c2)OCCCO3)=CC(O)C1. The van der Waals surface area contributed by atoms with Crippen LogP contribution in [0, 0.1) is 5.41 Å². The first-order chi connectivity index (χ1) is 9.53. The van der Waals surface area contributed by atoms with Crippen LogP contribution >= 0.6 is 0 Å². The zero-order chi connectivity index (χ0) is 14.2. The van der Waals surface area contributed by atoms with Crippen LogP contribution in [0.5, 0.6) is 11.5 Å². The van der Waals surface area contributed by atoms with Crippen molar-refractivity contribution in [3.8, 4) is 11.5 Å². The van der Waals surface area contributed by atoms with Crippen molar-refractivity contribution in [2.45, 2.75) is 39.2 Å². The number of hydrogen-bond donors (Lipinski definition) is 1. The highest BCUT2D eigenvalue weighted by molar-refractivity contribution is 5.70. The van der Waals surface area contributed by atoms with Gasteiger partial charge in [-0.2, -0.15) is 0 Å². The minimum Gasteiger partial charge on any atom is -0.490 e. The van der Waals surface area contributed by atoms with E-state index in [0.29, 0.717) is 13.2 Å². The van der Waals surface area contributed by atoms with E-state index in [1.54, 1.807) is 0 Å². The number of fused-ring (bicyclic) bond motifs is 1. The summed E-state index contributed by atoms with van der Waals surface area (Å²) in [4.78, 5) is 0. The van der Waals surface area contributed by atoms with Gasteiger partial charge in [-0.15, -0.1) is 0 Å². The summed E-state index contributed by atoms with van der Waals surface area (Å²) in [5.41, 5.74) is 2.46. The molecule has 108 valence electrons. The Hall–Kier alpha value is -1.48. The maximum atomic E-state index is 10.0. The van der Waals surface area contributed by atoms with Crippen LogP contribution in [0.15, 0.2) is 24.3 Å². The Morgan fingerprint density at radius 2 is 1.90 bits per heavy atom. The Labute approximate surface area is 120 Å². The summed E-state index contributed by atoms with van der Waals surface area (Å²) in [5, 5.41) is 10.0. The molecule has 1 aromatic carbocycles. The van der Waals surface area contributed by atoms with Crippen molar-refractivity contribution in [3.05, 3.63) is 29.8 Å². The van der Waals surface area contributed by atoms with Crippen molar-refractivity contribution in [2.75, 3.05) is 13.2 Å². The lowest BCUT2D eigenvalue weighted by molar-refractivity contribution is 0.146. The molecule has 1 aromatic rings. The minimum atomic E-state index is -0.357. The maximum Gasteiger partial charge on any atom is 0.161 e. The third-order valence-corrected chi connectivity index (χ3v) is 3.94. The summed E-state index contributed by atoms with van der Waals surface area (Å²) in [6.07, 6.45) is 4.33. The topological polar surface area (TPSA) is 38.7 Å². The number of ether oxygens (including phenoxy) is 2. The third-order valence-electron chi connectivity index (χ3n) is 3.94. The van der Waals surface area contributed by atoms with Crippen molar-refractivity contribution >= 4 is 5.57 Å². The van der Waals surface area contributed by atoms with E-state index >= 15 is 0 Å². The molecule has 1 atom stereocenters. The quantitative estimate of drug-likeness (QED) is 0.853. The number of allylic oxidation sites excluding steroid dienone is 1. The van der Waals surface area contributed by atoms with Gasteiger partial charge in [0.25, 0.3) is 0 Å². The molecular formula is C17H22O3. The third kappa shape index (κ3) is 2.83. The van der Waals surface area contributed by atoms with E-state index in [-0.39, 0.29) is 11.5 Å². The van der Waals surface area contributed by atoms with Crippen LogP contribution < -0.4 is 9.47 Å².